The van der Waals surface area contributed by atoms with Gasteiger partial charge in [-0.25, -0.2) is 0 Å². The topological polar surface area (TPSA) is 62.4 Å². The lowest BCUT2D eigenvalue weighted by Gasteiger charge is -2.22. The van der Waals surface area contributed by atoms with E-state index in [1.807, 2.05) is 0 Å². The molecule has 0 aliphatic heterocycles. The van der Waals surface area contributed by atoms with Crippen LogP contribution in [0.25, 0.3) is 0 Å². The molecular weight excluding hydrogens is 314 g/mol. The molecule has 0 aromatic heterocycles. The van der Waals surface area contributed by atoms with Crippen LogP contribution in [0, 0.1) is 0 Å². The Hall–Kier alpha value is -1.59. The number of hydrogen-bond donors (Lipinski definition) is 3. The van der Waals surface area contributed by atoms with E-state index in [0.29, 0.717) is 12.1 Å². The zero-order chi connectivity index (χ0) is 17.7. The molecule has 1 amide bonds. The van der Waals surface area contributed by atoms with E-state index in [1.54, 1.807) is 31.4 Å². The molecule has 0 spiro atoms. The first kappa shape index (κ1) is 19.7. The molecule has 1 aromatic rings. The lowest BCUT2D eigenvalue weighted by atomic mass is 9.95. The smallest absolute Gasteiger partial charge is 0.251 e. The van der Waals surface area contributed by atoms with Crippen LogP contribution >= 0.6 is 0 Å². The van der Waals surface area contributed by atoms with Crippen LogP contribution in [0.1, 0.15) is 55.3 Å². The van der Waals surface area contributed by atoms with Crippen molar-refractivity contribution in [1.29, 1.82) is 0 Å². The molecule has 0 atom stereocenters. The SMILES string of the molecule is COc1ccc(C(=O)NCCCCNCCNC2CCCCC2)cc1. The van der Waals surface area contributed by atoms with Crippen molar-refractivity contribution in [3.8, 4) is 5.75 Å². The molecule has 0 unspecified atom stereocenters. The maximum Gasteiger partial charge on any atom is 0.251 e. The summed E-state index contributed by atoms with van der Waals surface area (Å²) in [6, 6.07) is 7.92. The standard InChI is InChI=1S/C20H33N3O2/c1-25-19-11-9-17(10-12-19)20(24)23-14-6-5-13-21-15-16-22-18-7-3-2-4-8-18/h9-12,18,21-22H,2-8,13-16H2,1H3,(H,23,24). The first-order chi connectivity index (χ1) is 12.3. The molecule has 1 aliphatic rings. The van der Waals surface area contributed by atoms with Crippen molar-refractivity contribution in [2.45, 2.75) is 51.0 Å². The van der Waals surface area contributed by atoms with Gasteiger partial charge in [0.1, 0.15) is 5.75 Å². The Morgan fingerprint density at radius 1 is 1.00 bits per heavy atom. The molecule has 0 heterocycles. The van der Waals surface area contributed by atoms with Crippen molar-refractivity contribution in [1.82, 2.24) is 16.0 Å². The van der Waals surface area contributed by atoms with Gasteiger partial charge in [0.25, 0.3) is 5.91 Å². The lowest BCUT2D eigenvalue weighted by Crippen LogP contribution is -2.36. The number of ether oxygens (including phenoxy) is 1. The van der Waals surface area contributed by atoms with Crippen molar-refractivity contribution in [3.05, 3.63) is 29.8 Å². The van der Waals surface area contributed by atoms with E-state index in [-0.39, 0.29) is 5.91 Å². The number of methoxy groups -OCH3 is 1. The minimum absolute atomic E-state index is 0.0210. The van der Waals surface area contributed by atoms with Crippen LogP contribution < -0.4 is 20.7 Å². The molecule has 3 N–H and O–H groups in total. The van der Waals surface area contributed by atoms with Crippen molar-refractivity contribution >= 4 is 5.91 Å². The lowest BCUT2D eigenvalue weighted by molar-refractivity contribution is 0.0953. The van der Waals surface area contributed by atoms with Gasteiger partial charge in [-0.05, 0) is 56.5 Å². The highest BCUT2D eigenvalue weighted by Gasteiger charge is 2.11. The Labute approximate surface area is 151 Å². The van der Waals surface area contributed by atoms with E-state index in [9.17, 15) is 4.79 Å². The van der Waals surface area contributed by atoms with Gasteiger partial charge >= 0.3 is 0 Å². The Kier molecular flexibility index (Phi) is 9.37. The summed E-state index contributed by atoms with van der Waals surface area (Å²) in [7, 11) is 1.62. The van der Waals surface area contributed by atoms with E-state index in [2.05, 4.69) is 16.0 Å². The van der Waals surface area contributed by atoms with Crippen molar-refractivity contribution in [2.24, 2.45) is 0 Å². The summed E-state index contributed by atoms with van der Waals surface area (Å²) in [5.41, 5.74) is 0.674. The number of benzene rings is 1. The number of carbonyl (C=O) groups is 1. The van der Waals surface area contributed by atoms with Gasteiger partial charge in [0.05, 0.1) is 7.11 Å². The van der Waals surface area contributed by atoms with Gasteiger partial charge in [-0.3, -0.25) is 4.79 Å². The van der Waals surface area contributed by atoms with Crippen molar-refractivity contribution in [3.63, 3.8) is 0 Å². The van der Waals surface area contributed by atoms with Gasteiger partial charge in [-0.1, -0.05) is 19.3 Å². The number of hydrogen-bond acceptors (Lipinski definition) is 4. The average molecular weight is 348 g/mol. The maximum absolute atomic E-state index is 12.0. The molecule has 1 saturated carbocycles. The first-order valence-electron chi connectivity index (χ1n) is 9.66. The van der Waals surface area contributed by atoms with Gasteiger partial charge in [0.2, 0.25) is 0 Å². The molecule has 1 aliphatic carbocycles. The number of carbonyl (C=O) groups excluding carboxylic acids is 1. The van der Waals surface area contributed by atoms with E-state index in [1.165, 1.54) is 32.1 Å². The van der Waals surface area contributed by atoms with Crippen LogP contribution in [0.5, 0.6) is 5.75 Å². The van der Waals surface area contributed by atoms with Crippen LogP contribution in [0.4, 0.5) is 0 Å². The van der Waals surface area contributed by atoms with Crippen molar-refractivity contribution in [2.75, 3.05) is 33.3 Å². The molecule has 2 rings (SSSR count). The van der Waals surface area contributed by atoms with Gasteiger partial charge in [0.15, 0.2) is 0 Å². The molecule has 5 heteroatoms. The third-order valence-electron chi connectivity index (χ3n) is 4.76. The Balaban J connectivity index is 1.43. The third kappa shape index (κ3) is 7.88. The van der Waals surface area contributed by atoms with Crippen LogP contribution in [0.2, 0.25) is 0 Å². The second kappa shape index (κ2) is 11.9. The largest absolute Gasteiger partial charge is 0.497 e. The first-order valence-corrected chi connectivity index (χ1v) is 9.66. The van der Waals surface area contributed by atoms with Crippen molar-refractivity contribution < 1.29 is 9.53 Å². The summed E-state index contributed by atoms with van der Waals surface area (Å²) in [4.78, 5) is 12.0. The molecule has 1 aromatic carbocycles. The molecule has 5 nitrogen and oxygen atoms in total. The van der Waals surface area contributed by atoms with Crippen LogP contribution in [-0.2, 0) is 0 Å². The number of rotatable bonds is 11. The molecule has 1 fully saturated rings. The fourth-order valence-corrected chi connectivity index (χ4v) is 3.22. The summed E-state index contributed by atoms with van der Waals surface area (Å²) >= 11 is 0. The maximum atomic E-state index is 12.0. The second-order valence-electron chi connectivity index (χ2n) is 6.73. The highest BCUT2D eigenvalue weighted by Crippen LogP contribution is 2.16. The highest BCUT2D eigenvalue weighted by atomic mass is 16.5. The number of nitrogens with one attached hydrogen (secondary N) is 3. The van der Waals surface area contributed by atoms with E-state index < -0.39 is 0 Å². The highest BCUT2D eigenvalue weighted by molar-refractivity contribution is 5.94. The van der Waals surface area contributed by atoms with E-state index in [4.69, 9.17) is 4.74 Å². The summed E-state index contributed by atoms with van der Waals surface area (Å²) in [6.45, 7) is 3.80. The van der Waals surface area contributed by atoms with Crippen LogP contribution in [0.3, 0.4) is 0 Å². The molecule has 25 heavy (non-hydrogen) atoms. The number of amides is 1. The van der Waals surface area contributed by atoms with E-state index in [0.717, 1.165) is 44.3 Å². The molecular formula is C20H33N3O2. The van der Waals surface area contributed by atoms with Crippen LogP contribution in [0.15, 0.2) is 24.3 Å². The summed E-state index contributed by atoms with van der Waals surface area (Å²) in [5, 5.41) is 10.1. The van der Waals surface area contributed by atoms with Gasteiger partial charge in [-0.2, -0.15) is 0 Å². The Bertz CT molecular complexity index is 484. The Morgan fingerprint density at radius 3 is 2.44 bits per heavy atom. The fraction of sp³-hybridized carbons (Fsp3) is 0.650. The summed E-state index contributed by atoms with van der Waals surface area (Å²) < 4.78 is 5.09. The third-order valence-corrected chi connectivity index (χ3v) is 4.76. The van der Waals surface area contributed by atoms with Gasteiger partial charge in [-0.15, -0.1) is 0 Å². The molecule has 0 bridgehead atoms. The molecule has 0 saturated heterocycles. The predicted octanol–water partition coefficient (Wildman–Crippen LogP) is 2.72. The monoisotopic (exact) mass is 347 g/mol. The minimum atomic E-state index is -0.0210. The minimum Gasteiger partial charge on any atom is -0.497 e. The van der Waals surface area contributed by atoms with Gasteiger partial charge in [0, 0.05) is 31.2 Å². The fourth-order valence-electron chi connectivity index (χ4n) is 3.22. The van der Waals surface area contributed by atoms with Crippen LogP contribution in [-0.4, -0.2) is 45.2 Å². The number of unbranched alkanes of at least 4 members (excludes halogenated alkanes) is 1. The molecule has 140 valence electrons. The average Bonchev–Trinajstić information content (AvgIpc) is 2.67. The normalized spacial score (nSPS) is 15.1. The predicted molar refractivity (Wildman–Crippen MR) is 102 cm³/mol. The zero-order valence-electron chi connectivity index (χ0n) is 15.5. The quantitative estimate of drug-likeness (QED) is 0.539. The van der Waals surface area contributed by atoms with E-state index >= 15 is 0 Å². The second-order valence-corrected chi connectivity index (χ2v) is 6.73. The van der Waals surface area contributed by atoms with Gasteiger partial charge < -0.3 is 20.7 Å². The summed E-state index contributed by atoms with van der Waals surface area (Å²) in [5.74, 6) is 0.743. The zero-order valence-corrected chi connectivity index (χ0v) is 15.5. The molecule has 0 radical (unpaired) electrons. The summed E-state index contributed by atoms with van der Waals surface area (Å²) in [6.07, 6.45) is 8.92. The Morgan fingerprint density at radius 2 is 1.72 bits per heavy atom.